The van der Waals surface area contributed by atoms with Crippen LogP contribution in [-0.2, 0) is 0 Å². The molecule has 4 atom stereocenters. The lowest BCUT2D eigenvalue weighted by atomic mass is 9.72. The highest BCUT2D eigenvalue weighted by molar-refractivity contribution is 4.97. The van der Waals surface area contributed by atoms with Crippen molar-refractivity contribution >= 4 is 0 Å². The Kier molecular flexibility index (Phi) is 0.778. The van der Waals surface area contributed by atoms with Gasteiger partial charge in [-0.25, -0.2) is 0 Å². The van der Waals surface area contributed by atoms with Gasteiger partial charge in [-0.2, -0.15) is 0 Å². The third-order valence-corrected chi connectivity index (χ3v) is 3.40. The van der Waals surface area contributed by atoms with Crippen LogP contribution in [0.4, 0.5) is 0 Å². The molecule has 46 valence electrons. The molecule has 0 aromatic rings. The molecule has 0 aliphatic heterocycles. The molecule has 0 spiro atoms. The average molecular weight is 110 g/mol. The Bertz CT molecular complexity index is 103. The molecule has 2 bridgehead atoms. The third-order valence-electron chi connectivity index (χ3n) is 3.40. The van der Waals surface area contributed by atoms with Crippen LogP contribution in [0.15, 0.2) is 0 Å². The van der Waals surface area contributed by atoms with Gasteiger partial charge in [0, 0.05) is 0 Å². The molecule has 3 aliphatic rings. The summed E-state index contributed by atoms with van der Waals surface area (Å²) in [6, 6.07) is 0. The lowest BCUT2D eigenvalue weighted by molar-refractivity contribution is 0.163. The van der Waals surface area contributed by atoms with Gasteiger partial charge in [0.2, 0.25) is 0 Å². The van der Waals surface area contributed by atoms with E-state index in [0.29, 0.717) is 0 Å². The summed E-state index contributed by atoms with van der Waals surface area (Å²) in [5, 5.41) is 0. The van der Waals surface area contributed by atoms with Crippen LogP contribution in [-0.4, -0.2) is 0 Å². The summed E-state index contributed by atoms with van der Waals surface area (Å²) in [5.41, 5.74) is 0. The van der Waals surface area contributed by atoms with Gasteiger partial charge < -0.3 is 0 Å². The second-order valence-corrected chi connectivity index (χ2v) is 3.73. The monoisotopic (exact) mass is 110 g/mol. The van der Waals surface area contributed by atoms with E-state index >= 15 is 0 Å². The van der Waals surface area contributed by atoms with Gasteiger partial charge >= 0.3 is 0 Å². The van der Waals surface area contributed by atoms with Crippen molar-refractivity contribution in [1.29, 1.82) is 0 Å². The minimum atomic E-state index is 1.06. The first-order valence-corrected chi connectivity index (χ1v) is 3.79. The van der Waals surface area contributed by atoms with Crippen LogP contribution in [0.25, 0.3) is 0 Å². The molecule has 3 aliphatic carbocycles. The zero-order valence-corrected chi connectivity index (χ0v) is 5.72. The van der Waals surface area contributed by atoms with Gasteiger partial charge in [0.15, 0.2) is 0 Å². The van der Waals surface area contributed by atoms with Gasteiger partial charge in [-0.3, -0.25) is 0 Å². The first-order chi connectivity index (χ1) is 3.79. The van der Waals surface area contributed by atoms with E-state index in [1.807, 2.05) is 0 Å². The SMILES string of the molecule is CC1CC2CC1C2C. The maximum absolute atomic E-state index is 2.42. The fourth-order valence-electron chi connectivity index (χ4n) is 2.65. The van der Waals surface area contributed by atoms with E-state index < -0.39 is 0 Å². The summed E-state index contributed by atoms with van der Waals surface area (Å²) in [6.45, 7) is 4.83. The molecule has 3 saturated carbocycles. The topological polar surface area (TPSA) is 0 Å². The Morgan fingerprint density at radius 3 is 2.00 bits per heavy atom. The van der Waals surface area contributed by atoms with Gasteiger partial charge in [0.1, 0.15) is 0 Å². The van der Waals surface area contributed by atoms with E-state index in [1.54, 1.807) is 6.42 Å². The van der Waals surface area contributed by atoms with Crippen molar-refractivity contribution in [2.75, 3.05) is 0 Å². The standard InChI is InChI=1S/C8H14/c1-5-3-7-4-8(5)6(7)2/h5-8H,3-4H2,1-2H3. The molecular weight excluding hydrogens is 96.1 g/mol. The van der Waals surface area contributed by atoms with Crippen molar-refractivity contribution in [3.05, 3.63) is 0 Å². The summed E-state index contributed by atoms with van der Waals surface area (Å²) in [5.74, 6) is 4.41. The van der Waals surface area contributed by atoms with Crippen LogP contribution in [0.2, 0.25) is 0 Å². The van der Waals surface area contributed by atoms with Crippen molar-refractivity contribution < 1.29 is 0 Å². The summed E-state index contributed by atoms with van der Waals surface area (Å²) >= 11 is 0. The minimum Gasteiger partial charge on any atom is -0.0622 e. The Balaban J connectivity index is 2.13. The zero-order valence-electron chi connectivity index (χ0n) is 5.72. The van der Waals surface area contributed by atoms with Crippen molar-refractivity contribution in [3.8, 4) is 0 Å². The van der Waals surface area contributed by atoms with E-state index in [-0.39, 0.29) is 0 Å². The number of hydrogen-bond donors (Lipinski definition) is 0. The molecule has 0 heterocycles. The third kappa shape index (κ3) is 0.375. The second-order valence-electron chi connectivity index (χ2n) is 3.73. The van der Waals surface area contributed by atoms with E-state index in [2.05, 4.69) is 13.8 Å². The minimum absolute atomic E-state index is 1.06. The van der Waals surface area contributed by atoms with Crippen molar-refractivity contribution in [2.24, 2.45) is 23.7 Å². The molecular formula is C8H14. The van der Waals surface area contributed by atoms with Crippen LogP contribution in [0, 0.1) is 23.7 Å². The summed E-state index contributed by atoms with van der Waals surface area (Å²) < 4.78 is 0. The molecule has 0 aromatic carbocycles. The van der Waals surface area contributed by atoms with E-state index in [4.69, 9.17) is 0 Å². The number of hydrogen-bond acceptors (Lipinski definition) is 0. The molecule has 3 fully saturated rings. The quantitative estimate of drug-likeness (QED) is 0.449. The first-order valence-electron chi connectivity index (χ1n) is 3.79. The second kappa shape index (κ2) is 1.29. The van der Waals surface area contributed by atoms with Crippen LogP contribution in [0.5, 0.6) is 0 Å². The van der Waals surface area contributed by atoms with Gasteiger partial charge in [0.05, 0.1) is 0 Å². The molecule has 0 heteroatoms. The van der Waals surface area contributed by atoms with Gasteiger partial charge in [-0.1, -0.05) is 13.8 Å². The number of fused-ring (bicyclic) bond motifs is 1. The Morgan fingerprint density at radius 1 is 1.12 bits per heavy atom. The fraction of sp³-hybridized carbons (Fsp3) is 1.00. The van der Waals surface area contributed by atoms with Crippen LogP contribution >= 0.6 is 0 Å². The molecule has 4 unspecified atom stereocenters. The summed E-state index contributed by atoms with van der Waals surface area (Å²) in [4.78, 5) is 0. The average Bonchev–Trinajstić information content (AvgIpc) is 2.19. The van der Waals surface area contributed by atoms with Crippen molar-refractivity contribution in [3.63, 3.8) is 0 Å². The molecule has 0 amide bonds. The zero-order chi connectivity index (χ0) is 5.72. The highest BCUT2D eigenvalue weighted by atomic mass is 14.5. The maximum atomic E-state index is 2.42. The van der Waals surface area contributed by atoms with Crippen LogP contribution in [0.1, 0.15) is 26.7 Å². The van der Waals surface area contributed by atoms with Crippen molar-refractivity contribution in [2.45, 2.75) is 26.7 Å². The van der Waals surface area contributed by atoms with E-state index in [0.717, 1.165) is 23.7 Å². The van der Waals surface area contributed by atoms with Gasteiger partial charge in [-0.15, -0.1) is 0 Å². The molecule has 0 aromatic heterocycles. The molecule has 0 N–H and O–H groups in total. The van der Waals surface area contributed by atoms with Crippen molar-refractivity contribution in [1.82, 2.24) is 0 Å². The molecule has 0 saturated heterocycles. The number of rotatable bonds is 0. The van der Waals surface area contributed by atoms with E-state index in [9.17, 15) is 0 Å². The molecule has 3 rings (SSSR count). The van der Waals surface area contributed by atoms with E-state index in [1.165, 1.54) is 6.42 Å². The molecule has 0 radical (unpaired) electrons. The molecule has 8 heavy (non-hydrogen) atoms. The van der Waals surface area contributed by atoms with Gasteiger partial charge in [0.25, 0.3) is 0 Å². The predicted octanol–water partition coefficient (Wildman–Crippen LogP) is 2.30. The normalized spacial score (nSPS) is 60.8. The lowest BCUT2D eigenvalue weighted by Gasteiger charge is -2.33. The highest BCUT2D eigenvalue weighted by Crippen LogP contribution is 2.56. The largest absolute Gasteiger partial charge is 0.0622 e. The van der Waals surface area contributed by atoms with Crippen LogP contribution in [0.3, 0.4) is 0 Å². The molecule has 0 nitrogen and oxygen atoms in total. The Labute approximate surface area is 51.3 Å². The lowest BCUT2D eigenvalue weighted by Crippen LogP contribution is -2.25. The summed E-state index contributed by atoms with van der Waals surface area (Å²) in [6.07, 6.45) is 3.09. The fourth-order valence-corrected chi connectivity index (χ4v) is 2.65. The Hall–Kier alpha value is 0. The predicted molar refractivity (Wildman–Crippen MR) is 34.5 cm³/mol. The smallest absolute Gasteiger partial charge is 0.0357 e. The highest BCUT2D eigenvalue weighted by Gasteiger charge is 2.47. The first kappa shape index (κ1) is 4.84. The summed E-state index contributed by atoms with van der Waals surface area (Å²) in [7, 11) is 0. The Morgan fingerprint density at radius 2 is 1.88 bits per heavy atom. The van der Waals surface area contributed by atoms with Gasteiger partial charge in [-0.05, 0) is 36.5 Å². The maximum Gasteiger partial charge on any atom is -0.0357 e. The van der Waals surface area contributed by atoms with Crippen LogP contribution < -0.4 is 0 Å².